The number of hydrogen-bond donors (Lipinski definition) is 1. The summed E-state index contributed by atoms with van der Waals surface area (Å²) < 4.78 is 45.7. The van der Waals surface area contributed by atoms with E-state index in [-0.39, 0.29) is 30.4 Å². The number of rotatable bonds is 7. The number of carbonyl (C=O) groups is 1. The first-order chi connectivity index (χ1) is 13.8. The van der Waals surface area contributed by atoms with Crippen molar-refractivity contribution in [2.45, 2.75) is 18.7 Å². The third kappa shape index (κ3) is 6.08. The Bertz CT molecular complexity index is 978. The van der Waals surface area contributed by atoms with E-state index in [0.717, 1.165) is 5.56 Å². The van der Waals surface area contributed by atoms with Gasteiger partial charge in [-0.2, -0.15) is 4.31 Å². The number of nitrogens with one attached hydrogen (secondary N) is 1. The van der Waals surface area contributed by atoms with Crippen LogP contribution in [0.4, 0.5) is 4.39 Å². The molecule has 6 nitrogen and oxygen atoms in total. The van der Waals surface area contributed by atoms with Crippen molar-refractivity contribution in [3.8, 4) is 0 Å². The van der Waals surface area contributed by atoms with Crippen molar-refractivity contribution < 1.29 is 22.3 Å². The smallest absolute Gasteiger partial charge is 0.224 e. The molecule has 1 saturated heterocycles. The van der Waals surface area contributed by atoms with E-state index < -0.39 is 10.0 Å². The Kier molecular flexibility index (Phi) is 7.39. The van der Waals surface area contributed by atoms with Crippen LogP contribution in [0.15, 0.2) is 46.9 Å². The molecule has 0 radical (unpaired) electrons. The lowest BCUT2D eigenvalue weighted by Crippen LogP contribution is -2.41. The van der Waals surface area contributed by atoms with Gasteiger partial charge in [0.05, 0.1) is 29.9 Å². The van der Waals surface area contributed by atoms with Gasteiger partial charge >= 0.3 is 0 Å². The molecule has 29 heavy (non-hydrogen) atoms. The second-order valence-electron chi connectivity index (χ2n) is 6.74. The normalized spacial score (nSPS) is 15.2. The predicted octanol–water partition coefficient (Wildman–Crippen LogP) is 2.61. The Morgan fingerprint density at radius 1 is 1.14 bits per heavy atom. The maximum Gasteiger partial charge on any atom is 0.224 e. The van der Waals surface area contributed by atoms with Crippen LogP contribution in [0, 0.1) is 5.82 Å². The van der Waals surface area contributed by atoms with Gasteiger partial charge in [0.2, 0.25) is 15.9 Å². The van der Waals surface area contributed by atoms with Crippen LogP contribution in [0.2, 0.25) is 0 Å². The largest absolute Gasteiger partial charge is 0.379 e. The summed E-state index contributed by atoms with van der Waals surface area (Å²) in [5.74, 6) is -0.733. The van der Waals surface area contributed by atoms with Gasteiger partial charge in [-0.15, -0.1) is 0 Å². The van der Waals surface area contributed by atoms with Crippen LogP contribution in [0.5, 0.6) is 0 Å². The van der Waals surface area contributed by atoms with Crippen LogP contribution >= 0.6 is 15.9 Å². The van der Waals surface area contributed by atoms with Crippen LogP contribution in [0.25, 0.3) is 0 Å². The van der Waals surface area contributed by atoms with Crippen LogP contribution in [0.3, 0.4) is 0 Å². The molecule has 0 saturated carbocycles. The minimum absolute atomic E-state index is 0.104. The van der Waals surface area contributed by atoms with Crippen molar-refractivity contribution >= 4 is 31.9 Å². The molecule has 0 bridgehead atoms. The first-order valence-electron chi connectivity index (χ1n) is 9.18. The van der Waals surface area contributed by atoms with Crippen LogP contribution in [-0.4, -0.2) is 44.9 Å². The maximum absolute atomic E-state index is 13.3. The molecule has 156 valence electrons. The molecule has 9 heteroatoms. The van der Waals surface area contributed by atoms with Gasteiger partial charge in [0, 0.05) is 19.6 Å². The highest BCUT2D eigenvalue weighted by atomic mass is 79.9. The molecule has 3 rings (SSSR count). The lowest BCUT2D eigenvalue weighted by atomic mass is 10.1. The minimum Gasteiger partial charge on any atom is -0.379 e. The topological polar surface area (TPSA) is 75.7 Å². The lowest BCUT2D eigenvalue weighted by Gasteiger charge is -2.26. The average Bonchev–Trinajstić information content (AvgIpc) is 2.70. The summed E-state index contributed by atoms with van der Waals surface area (Å²) >= 11 is 3.11. The van der Waals surface area contributed by atoms with E-state index in [9.17, 15) is 17.6 Å². The highest BCUT2D eigenvalue weighted by molar-refractivity contribution is 9.10. The number of morpholine rings is 1. The van der Waals surface area contributed by atoms with Crippen LogP contribution in [0.1, 0.15) is 16.7 Å². The summed E-state index contributed by atoms with van der Waals surface area (Å²) in [5, 5.41) is 2.81. The van der Waals surface area contributed by atoms with E-state index >= 15 is 0 Å². The Hall–Kier alpha value is -1.81. The summed E-state index contributed by atoms with van der Waals surface area (Å²) in [7, 11) is -3.45. The summed E-state index contributed by atoms with van der Waals surface area (Å²) in [6.07, 6.45) is 0.104. The number of ether oxygens (including phenoxy) is 1. The molecule has 1 aliphatic rings. The second-order valence-corrected chi connectivity index (χ2v) is 9.56. The monoisotopic (exact) mass is 484 g/mol. The van der Waals surface area contributed by atoms with Gasteiger partial charge in [0.15, 0.2) is 0 Å². The molecule has 0 aromatic heterocycles. The van der Waals surface area contributed by atoms with Gasteiger partial charge in [0.1, 0.15) is 5.82 Å². The quantitative estimate of drug-likeness (QED) is 0.655. The molecule has 1 fully saturated rings. The number of nitrogens with zero attached hydrogens (tertiary/aromatic N) is 1. The van der Waals surface area contributed by atoms with Crippen LogP contribution < -0.4 is 5.32 Å². The summed E-state index contributed by atoms with van der Waals surface area (Å²) in [4.78, 5) is 12.3. The number of halogens is 2. The van der Waals surface area contributed by atoms with Crippen molar-refractivity contribution in [2.75, 3.05) is 26.3 Å². The molecule has 0 aliphatic carbocycles. The first kappa shape index (κ1) is 21.9. The fourth-order valence-electron chi connectivity index (χ4n) is 3.07. The second kappa shape index (κ2) is 9.80. The van der Waals surface area contributed by atoms with Gasteiger partial charge in [-0.3, -0.25) is 4.79 Å². The van der Waals surface area contributed by atoms with Crippen molar-refractivity contribution in [1.82, 2.24) is 9.62 Å². The summed E-state index contributed by atoms with van der Waals surface area (Å²) in [6.45, 7) is 1.73. The Labute approximate surface area is 178 Å². The SMILES string of the molecule is O=C(Cc1ccc(F)c(Br)c1)NCc1ccccc1CS(=O)(=O)N1CCOCC1. The predicted molar refractivity (Wildman–Crippen MR) is 111 cm³/mol. The van der Waals surface area contributed by atoms with E-state index in [2.05, 4.69) is 21.2 Å². The number of benzene rings is 2. The number of hydrogen-bond acceptors (Lipinski definition) is 4. The zero-order chi connectivity index (χ0) is 20.9. The van der Waals surface area contributed by atoms with E-state index in [4.69, 9.17) is 4.74 Å². The van der Waals surface area contributed by atoms with Gasteiger partial charge in [0.25, 0.3) is 0 Å². The number of carbonyl (C=O) groups excluding carboxylic acids is 1. The molecule has 2 aromatic rings. The van der Waals surface area contributed by atoms with Gasteiger partial charge in [-0.25, -0.2) is 12.8 Å². The average molecular weight is 485 g/mol. The minimum atomic E-state index is -3.45. The van der Waals surface area contributed by atoms with Gasteiger partial charge in [-0.05, 0) is 44.8 Å². The van der Waals surface area contributed by atoms with Crippen LogP contribution in [-0.2, 0) is 38.3 Å². The van der Waals surface area contributed by atoms with Crippen molar-refractivity contribution in [3.05, 3.63) is 69.4 Å². The zero-order valence-corrected chi connectivity index (χ0v) is 18.1. The summed E-state index contributed by atoms with van der Waals surface area (Å²) in [6, 6.07) is 11.6. The van der Waals surface area contributed by atoms with Gasteiger partial charge < -0.3 is 10.1 Å². The fraction of sp³-hybridized carbons (Fsp3) is 0.350. The van der Waals surface area contributed by atoms with E-state index in [0.29, 0.717) is 41.9 Å². The van der Waals surface area contributed by atoms with Crippen molar-refractivity contribution in [3.63, 3.8) is 0 Å². The lowest BCUT2D eigenvalue weighted by molar-refractivity contribution is -0.120. The van der Waals surface area contributed by atoms with Gasteiger partial charge in [-0.1, -0.05) is 30.3 Å². The molecule has 1 N–H and O–H groups in total. The van der Waals surface area contributed by atoms with E-state index in [1.165, 1.54) is 10.4 Å². The van der Waals surface area contributed by atoms with E-state index in [1.807, 2.05) is 6.07 Å². The fourth-order valence-corrected chi connectivity index (χ4v) is 5.06. The standard InChI is InChI=1S/C20H22BrFN2O4S/c21-18-11-15(5-6-19(18)22)12-20(25)23-13-16-3-1-2-4-17(16)14-29(26,27)24-7-9-28-10-8-24/h1-6,11H,7-10,12-14H2,(H,23,25). The Morgan fingerprint density at radius 2 is 1.83 bits per heavy atom. The molecule has 1 aliphatic heterocycles. The van der Waals surface area contributed by atoms with E-state index in [1.54, 1.807) is 30.3 Å². The highest BCUT2D eigenvalue weighted by Gasteiger charge is 2.25. The molecule has 0 spiro atoms. The van der Waals surface area contributed by atoms with Crippen molar-refractivity contribution in [2.24, 2.45) is 0 Å². The molecule has 1 heterocycles. The number of amides is 1. The third-order valence-electron chi connectivity index (χ3n) is 4.64. The molecular weight excluding hydrogens is 463 g/mol. The highest BCUT2D eigenvalue weighted by Crippen LogP contribution is 2.18. The van der Waals surface area contributed by atoms with Crippen molar-refractivity contribution in [1.29, 1.82) is 0 Å². The number of sulfonamides is 1. The molecule has 0 unspecified atom stereocenters. The molecule has 2 aromatic carbocycles. The Balaban J connectivity index is 1.62. The molecule has 0 atom stereocenters. The molecule has 1 amide bonds. The summed E-state index contributed by atoms with van der Waals surface area (Å²) in [5.41, 5.74) is 2.08. The first-order valence-corrected chi connectivity index (χ1v) is 11.6. The third-order valence-corrected chi connectivity index (χ3v) is 7.08. The molecular formula is C20H22BrFN2O4S. The maximum atomic E-state index is 13.3. The Morgan fingerprint density at radius 3 is 2.52 bits per heavy atom. The zero-order valence-electron chi connectivity index (χ0n) is 15.7.